The molecule has 0 aromatic carbocycles. The Bertz CT molecular complexity index is 376. The number of nitrogens with one attached hydrogen (secondary N) is 2. The Morgan fingerprint density at radius 1 is 0.359 bits per heavy atom. The molecular formula is C18H54N4O12P4Ru+6. The van der Waals surface area contributed by atoms with Crippen molar-refractivity contribution in [3.8, 4) is 0 Å². The summed E-state index contributed by atoms with van der Waals surface area (Å²) in [4.78, 5) is 0. The Morgan fingerprint density at radius 3 is 0.436 bits per heavy atom. The molecule has 0 atom stereocenters. The Morgan fingerprint density at radius 2 is 0.436 bits per heavy atom. The van der Waals surface area contributed by atoms with Crippen molar-refractivity contribution in [3.05, 3.63) is 11.7 Å². The summed E-state index contributed by atoms with van der Waals surface area (Å²) in [5, 5.41) is 6.11. The van der Waals surface area contributed by atoms with E-state index in [4.69, 9.17) is 66.0 Å². The van der Waals surface area contributed by atoms with E-state index in [1.54, 1.807) is 113 Å². The van der Waals surface area contributed by atoms with Gasteiger partial charge in [-0.05, 0) is 39.1 Å². The molecule has 0 aliphatic rings. The second-order valence-electron chi connectivity index (χ2n) is 5.57. The maximum atomic E-state index is 6.25. The van der Waals surface area contributed by atoms with Crippen molar-refractivity contribution in [3.63, 3.8) is 0 Å². The van der Waals surface area contributed by atoms with Crippen molar-refractivity contribution in [1.82, 2.24) is 0 Å². The molecular weight excluding hydrogens is 689 g/mol. The van der Waals surface area contributed by atoms with E-state index < -0.39 is 34.4 Å². The van der Waals surface area contributed by atoms with Crippen molar-refractivity contribution in [1.29, 1.82) is 0 Å². The van der Waals surface area contributed by atoms with Gasteiger partial charge in [0.05, 0.1) is 85.3 Å². The van der Waals surface area contributed by atoms with Crippen LogP contribution in [0.2, 0.25) is 0 Å². The molecule has 0 bridgehead atoms. The van der Waals surface area contributed by atoms with Crippen LogP contribution in [0.4, 0.5) is 0 Å². The quantitative estimate of drug-likeness (QED) is 0.0929. The number of hydrogen-bond acceptors (Lipinski definition) is 14. The Labute approximate surface area is 254 Å². The van der Waals surface area contributed by atoms with E-state index >= 15 is 0 Å². The average molecular weight is 744 g/mol. The van der Waals surface area contributed by atoms with Gasteiger partial charge in [0, 0.05) is 0 Å². The van der Waals surface area contributed by atoms with Crippen LogP contribution in [0.15, 0.2) is 10.2 Å². The second-order valence-corrected chi connectivity index (χ2v) is 12.5. The van der Waals surface area contributed by atoms with Crippen LogP contribution in [0.3, 0.4) is 0 Å². The van der Waals surface area contributed by atoms with Gasteiger partial charge in [0.15, 0.2) is 0 Å². The van der Waals surface area contributed by atoms with E-state index in [-0.39, 0.29) is 19.5 Å². The largest absolute Gasteiger partial charge is 4.00 e. The zero-order chi connectivity index (χ0) is 31.4. The topological polar surface area (TPSA) is 183 Å². The molecule has 0 aromatic heterocycles. The summed E-state index contributed by atoms with van der Waals surface area (Å²) in [6.07, 6.45) is 0. The predicted octanol–water partition coefficient (Wildman–Crippen LogP) is 6.41. The molecule has 0 saturated heterocycles. The smallest absolute Gasteiger partial charge is 0.617 e. The molecule has 0 heterocycles. The van der Waals surface area contributed by atoms with Gasteiger partial charge in [-0.15, -0.1) is 0 Å². The van der Waals surface area contributed by atoms with E-state index in [9.17, 15) is 0 Å². The van der Waals surface area contributed by atoms with Gasteiger partial charge in [0.25, 0.3) is 0 Å². The molecule has 0 fully saturated rings. The first-order chi connectivity index (χ1) is 17.9. The van der Waals surface area contributed by atoms with Gasteiger partial charge >= 0.3 is 53.9 Å². The van der Waals surface area contributed by atoms with Gasteiger partial charge in [-0.3, -0.25) is 0 Å². The number of rotatable bonds is 12. The summed E-state index contributed by atoms with van der Waals surface area (Å²) in [5.41, 5.74) is 1.59. The van der Waals surface area contributed by atoms with Gasteiger partial charge in [-0.25, -0.2) is 0 Å². The molecule has 2 N–H and O–H groups in total. The van der Waals surface area contributed by atoms with Gasteiger partial charge < -0.3 is 21.9 Å². The molecule has 0 radical (unpaired) electrons. The minimum Gasteiger partial charge on any atom is -0.617 e. The molecule has 0 spiro atoms. The average Bonchev–Trinajstić information content (AvgIpc) is 2.94. The predicted molar refractivity (Wildman–Crippen MR) is 164 cm³/mol. The third-order valence-corrected chi connectivity index (χ3v) is 6.45. The van der Waals surface area contributed by atoms with Gasteiger partial charge in [0.2, 0.25) is 0 Å². The second kappa shape index (κ2) is 51.5. The zero-order valence-electron chi connectivity index (χ0n) is 26.1. The molecule has 16 nitrogen and oxygen atoms in total. The van der Waals surface area contributed by atoms with Gasteiger partial charge in [0.1, 0.15) is 0 Å². The summed E-state index contributed by atoms with van der Waals surface area (Å²) in [6.45, 7) is 7.14. The van der Waals surface area contributed by atoms with Crippen LogP contribution in [-0.2, 0) is 73.8 Å². The fourth-order valence-corrected chi connectivity index (χ4v) is 3.00. The fraction of sp³-hybridized carbons (Fsp3) is 0.889. The van der Waals surface area contributed by atoms with Crippen molar-refractivity contribution >= 4 is 45.8 Å². The van der Waals surface area contributed by atoms with E-state index in [2.05, 4.69) is 10.2 Å². The molecule has 0 unspecified atom stereocenters. The molecule has 0 aliphatic heterocycles. The fourth-order valence-electron chi connectivity index (χ4n) is 1.00. The zero-order valence-corrected chi connectivity index (χ0v) is 31.9. The molecule has 0 amide bonds. The molecule has 0 aliphatic carbocycles. The van der Waals surface area contributed by atoms with Crippen molar-refractivity contribution in [2.75, 3.05) is 85.3 Å². The SMILES string of the molecule is CC(C)=N[NH-].CC(C)=N[NH-].CO[PH+](OC)OC.CO[PH+](OC)OC.CO[PH+](OC)OC.CO[PH+](OC)OC.[Ru+4]. The molecule has 0 aromatic rings. The summed E-state index contributed by atoms with van der Waals surface area (Å²) in [7, 11) is 13.2. The minimum atomic E-state index is -1.36. The first-order valence-electron chi connectivity index (χ1n) is 10.2. The van der Waals surface area contributed by atoms with Crippen molar-refractivity contribution < 1.29 is 73.8 Å². The minimum absolute atomic E-state index is 0. The maximum Gasteiger partial charge on any atom is 4.00 e. The molecule has 240 valence electrons. The number of nitrogens with zero attached hydrogens (tertiary/aromatic N) is 2. The summed E-state index contributed by atoms with van der Waals surface area (Å²) < 4.78 is 56.5. The third-order valence-electron chi connectivity index (χ3n) is 2.45. The Kier molecular flexibility index (Phi) is 73.6. The van der Waals surface area contributed by atoms with Crippen molar-refractivity contribution in [2.45, 2.75) is 27.7 Å². The monoisotopic (exact) mass is 744 g/mol. The Balaban J connectivity index is -0.0000000631. The van der Waals surface area contributed by atoms with E-state index in [0.717, 1.165) is 11.4 Å². The van der Waals surface area contributed by atoms with Crippen molar-refractivity contribution in [2.24, 2.45) is 10.2 Å². The van der Waals surface area contributed by atoms with E-state index in [0.29, 0.717) is 0 Å². The van der Waals surface area contributed by atoms with E-state index in [1.807, 2.05) is 0 Å². The van der Waals surface area contributed by atoms with Crippen LogP contribution in [0.1, 0.15) is 27.7 Å². The first-order valence-corrected chi connectivity index (χ1v) is 15.1. The molecule has 0 saturated carbocycles. The molecule has 39 heavy (non-hydrogen) atoms. The summed E-state index contributed by atoms with van der Waals surface area (Å²) in [6, 6.07) is 0. The first kappa shape index (κ1) is 55.7. The van der Waals surface area contributed by atoms with Crippen LogP contribution in [0.25, 0.3) is 11.7 Å². The number of hydrogen-bond donors (Lipinski definition) is 0. The third kappa shape index (κ3) is 63.4. The standard InChI is InChI=1S/2C3H7N2.4C3H10O3P.Ru/c2*1-3(2)5-4;4*1-4-7(5-2)6-3;/h2*4H,1-2H3;4*7H,1-3H3;/q2*-1;4*+1;+4. The maximum absolute atomic E-state index is 6.25. The van der Waals surface area contributed by atoms with Crippen LogP contribution >= 0.6 is 34.4 Å². The summed E-state index contributed by atoms with van der Waals surface area (Å²) in [5.74, 6) is 12.5. The van der Waals surface area contributed by atoms with Gasteiger partial charge in [-0.1, -0.05) is 0 Å². The van der Waals surface area contributed by atoms with Crippen LogP contribution in [0, 0.1) is 0 Å². The van der Waals surface area contributed by atoms with Crippen LogP contribution in [0.5, 0.6) is 0 Å². The molecule has 0 rings (SSSR count). The summed E-state index contributed by atoms with van der Waals surface area (Å²) >= 11 is 0. The molecule has 21 heteroatoms. The van der Waals surface area contributed by atoms with Crippen LogP contribution < -0.4 is 0 Å². The van der Waals surface area contributed by atoms with E-state index in [1.165, 1.54) is 0 Å². The van der Waals surface area contributed by atoms with Crippen LogP contribution in [-0.4, -0.2) is 96.7 Å². The normalized spacial score (nSPS) is 9.13. The van der Waals surface area contributed by atoms with Gasteiger partial charge in [-0.2, -0.15) is 54.3 Å². The Hall–Kier alpha value is 0.803.